The van der Waals surface area contributed by atoms with Crippen LogP contribution in [-0.2, 0) is 6.18 Å². The lowest BCUT2D eigenvalue weighted by Crippen LogP contribution is -2.35. The number of alkyl halides is 3. The van der Waals surface area contributed by atoms with Crippen molar-refractivity contribution in [1.82, 2.24) is 14.7 Å². The van der Waals surface area contributed by atoms with Crippen LogP contribution in [0.3, 0.4) is 0 Å². The molecule has 7 nitrogen and oxygen atoms in total. The molecule has 1 aromatic heterocycles. The molecule has 0 atom stereocenters. The predicted octanol–water partition coefficient (Wildman–Crippen LogP) is 5.86. The number of amides is 3. The van der Waals surface area contributed by atoms with E-state index in [1.165, 1.54) is 23.0 Å². The molecule has 184 valence electrons. The van der Waals surface area contributed by atoms with Crippen molar-refractivity contribution in [2.45, 2.75) is 38.8 Å². The zero-order chi connectivity index (χ0) is 25.0. The Bertz CT molecular complexity index is 1200. The second kappa shape index (κ2) is 10.2. The van der Waals surface area contributed by atoms with E-state index in [0.717, 1.165) is 50.9 Å². The molecule has 3 amide bonds. The molecular weight excluding hydrogens is 459 g/mol. The Hall–Kier alpha value is -3.82. The number of benzene rings is 2. The van der Waals surface area contributed by atoms with Gasteiger partial charge in [-0.1, -0.05) is 18.9 Å². The zero-order valence-electron chi connectivity index (χ0n) is 19.2. The first kappa shape index (κ1) is 24.3. The van der Waals surface area contributed by atoms with Crippen LogP contribution in [0.5, 0.6) is 0 Å². The highest BCUT2D eigenvalue weighted by Gasteiger charge is 2.30. The summed E-state index contributed by atoms with van der Waals surface area (Å²) in [4.78, 5) is 27.1. The second-order valence-electron chi connectivity index (χ2n) is 8.47. The number of likely N-dealkylation sites (tertiary alicyclic amines) is 1. The number of carbonyl (C=O) groups is 2. The smallest absolute Gasteiger partial charge is 0.325 e. The van der Waals surface area contributed by atoms with E-state index >= 15 is 0 Å². The van der Waals surface area contributed by atoms with E-state index in [0.29, 0.717) is 17.1 Å². The fourth-order valence-corrected chi connectivity index (χ4v) is 4.02. The van der Waals surface area contributed by atoms with Crippen molar-refractivity contribution in [3.8, 4) is 5.69 Å². The molecular formula is C25H26F3N5O2. The normalized spacial score (nSPS) is 14.3. The third-order valence-corrected chi connectivity index (χ3v) is 5.96. The summed E-state index contributed by atoms with van der Waals surface area (Å²) in [6, 6.07) is 11.4. The van der Waals surface area contributed by atoms with Gasteiger partial charge in [-0.15, -0.1) is 0 Å². The first-order valence-corrected chi connectivity index (χ1v) is 11.4. The number of nitrogens with zero attached hydrogens (tertiary/aromatic N) is 3. The van der Waals surface area contributed by atoms with Crippen molar-refractivity contribution >= 4 is 23.3 Å². The van der Waals surface area contributed by atoms with Crippen LogP contribution < -0.4 is 10.6 Å². The van der Waals surface area contributed by atoms with E-state index in [2.05, 4.69) is 15.7 Å². The summed E-state index contributed by atoms with van der Waals surface area (Å²) in [6.07, 6.45) is 1.12. The fourth-order valence-electron chi connectivity index (χ4n) is 4.02. The molecule has 4 rings (SSSR count). The summed E-state index contributed by atoms with van der Waals surface area (Å²) in [6.45, 7) is 3.10. The maximum atomic E-state index is 13.0. The highest BCUT2D eigenvalue weighted by molar-refractivity contribution is 6.05. The lowest BCUT2D eigenvalue weighted by molar-refractivity contribution is -0.137. The van der Waals surface area contributed by atoms with Crippen molar-refractivity contribution in [2.24, 2.45) is 0 Å². The summed E-state index contributed by atoms with van der Waals surface area (Å²) in [7, 11) is 0. The molecule has 2 aromatic carbocycles. The van der Waals surface area contributed by atoms with Gasteiger partial charge in [0.15, 0.2) is 0 Å². The van der Waals surface area contributed by atoms with Crippen LogP contribution >= 0.6 is 0 Å². The van der Waals surface area contributed by atoms with Crippen LogP contribution in [0.2, 0.25) is 0 Å². The monoisotopic (exact) mass is 485 g/mol. The minimum Gasteiger partial charge on any atom is -0.325 e. The Morgan fingerprint density at radius 2 is 1.54 bits per heavy atom. The van der Waals surface area contributed by atoms with Gasteiger partial charge in [0.2, 0.25) is 0 Å². The molecule has 0 unspecified atom stereocenters. The summed E-state index contributed by atoms with van der Waals surface area (Å²) in [5.74, 6) is -0.443. The Morgan fingerprint density at radius 3 is 2.17 bits per heavy atom. The van der Waals surface area contributed by atoms with Gasteiger partial charge in [-0.25, -0.2) is 9.48 Å². The summed E-state index contributed by atoms with van der Waals surface area (Å²) in [5.41, 5.74) is 1.18. The highest BCUT2D eigenvalue weighted by atomic mass is 19.4. The molecule has 0 bridgehead atoms. The molecule has 10 heteroatoms. The van der Waals surface area contributed by atoms with Gasteiger partial charge in [-0.05, 0) is 62.2 Å². The number of hydrogen-bond donors (Lipinski definition) is 2. The highest BCUT2D eigenvalue weighted by Crippen LogP contribution is 2.30. The molecule has 3 aromatic rings. The Labute approximate surface area is 200 Å². The SMILES string of the molecule is Cc1c(C(=O)Nc2ccc(NC(=O)N3CCCCCC3)cc2)cnn1-c1cccc(C(F)(F)F)c1. The topological polar surface area (TPSA) is 79.3 Å². The molecule has 1 fully saturated rings. The van der Waals surface area contributed by atoms with E-state index < -0.39 is 17.6 Å². The quantitative estimate of drug-likeness (QED) is 0.486. The Balaban J connectivity index is 1.41. The van der Waals surface area contributed by atoms with Crippen LogP contribution in [0.4, 0.5) is 29.3 Å². The van der Waals surface area contributed by atoms with Gasteiger partial charge in [-0.3, -0.25) is 4.79 Å². The number of rotatable bonds is 4. The van der Waals surface area contributed by atoms with Gasteiger partial charge in [-0.2, -0.15) is 18.3 Å². The lowest BCUT2D eigenvalue weighted by atomic mass is 10.2. The maximum absolute atomic E-state index is 13.0. The first-order chi connectivity index (χ1) is 16.7. The number of aromatic nitrogens is 2. The van der Waals surface area contributed by atoms with Gasteiger partial charge < -0.3 is 15.5 Å². The lowest BCUT2D eigenvalue weighted by Gasteiger charge is -2.20. The molecule has 1 saturated heterocycles. The van der Waals surface area contributed by atoms with Crippen molar-refractivity contribution in [2.75, 3.05) is 23.7 Å². The molecule has 35 heavy (non-hydrogen) atoms. The van der Waals surface area contributed by atoms with Crippen LogP contribution in [-0.4, -0.2) is 39.7 Å². The largest absolute Gasteiger partial charge is 0.416 e. The number of urea groups is 1. The summed E-state index contributed by atoms with van der Waals surface area (Å²) >= 11 is 0. The van der Waals surface area contributed by atoms with Crippen LogP contribution in [0.15, 0.2) is 54.7 Å². The van der Waals surface area contributed by atoms with Crippen molar-refractivity contribution < 1.29 is 22.8 Å². The van der Waals surface area contributed by atoms with Crippen molar-refractivity contribution in [3.63, 3.8) is 0 Å². The number of hydrogen-bond acceptors (Lipinski definition) is 3. The number of halogens is 3. The predicted molar refractivity (Wildman–Crippen MR) is 127 cm³/mol. The number of nitrogens with one attached hydrogen (secondary N) is 2. The second-order valence-corrected chi connectivity index (χ2v) is 8.47. The minimum absolute atomic E-state index is 0.138. The molecule has 0 saturated carbocycles. The van der Waals surface area contributed by atoms with Gasteiger partial charge in [0.05, 0.1) is 28.7 Å². The van der Waals surface area contributed by atoms with Crippen molar-refractivity contribution in [3.05, 3.63) is 71.5 Å². The van der Waals surface area contributed by atoms with Crippen molar-refractivity contribution in [1.29, 1.82) is 0 Å². The molecule has 0 radical (unpaired) electrons. The molecule has 1 aliphatic rings. The average molecular weight is 486 g/mol. The van der Waals surface area contributed by atoms with Crippen LogP contribution in [0.25, 0.3) is 5.69 Å². The molecule has 0 aliphatic carbocycles. The van der Waals surface area contributed by atoms with Crippen LogP contribution in [0, 0.1) is 6.92 Å². The standard InChI is InChI=1S/C25H26F3N5O2/c1-17-22(16-29-33(17)21-8-6-7-18(15-21)25(26,27)28)23(34)30-19-9-11-20(12-10-19)31-24(35)32-13-4-2-3-5-14-32/h6-12,15-16H,2-5,13-14H2,1H3,(H,30,34)(H,31,35). The fraction of sp³-hybridized carbons (Fsp3) is 0.320. The number of carbonyl (C=O) groups excluding carboxylic acids is 2. The molecule has 2 heterocycles. The first-order valence-electron chi connectivity index (χ1n) is 11.4. The minimum atomic E-state index is -4.48. The van der Waals surface area contributed by atoms with Gasteiger partial charge in [0.1, 0.15) is 0 Å². The summed E-state index contributed by atoms with van der Waals surface area (Å²) in [5, 5.41) is 9.74. The third kappa shape index (κ3) is 5.82. The van der Waals surface area contributed by atoms with E-state index in [1.807, 2.05) is 4.90 Å². The van der Waals surface area contributed by atoms with E-state index in [-0.39, 0.29) is 17.3 Å². The van der Waals surface area contributed by atoms with E-state index in [4.69, 9.17) is 0 Å². The Kier molecular flexibility index (Phi) is 7.09. The third-order valence-electron chi connectivity index (χ3n) is 5.96. The summed E-state index contributed by atoms with van der Waals surface area (Å²) < 4.78 is 40.4. The van der Waals surface area contributed by atoms with Gasteiger partial charge in [0.25, 0.3) is 5.91 Å². The maximum Gasteiger partial charge on any atom is 0.416 e. The Morgan fingerprint density at radius 1 is 0.914 bits per heavy atom. The zero-order valence-corrected chi connectivity index (χ0v) is 19.2. The van der Waals surface area contributed by atoms with E-state index in [9.17, 15) is 22.8 Å². The van der Waals surface area contributed by atoms with Gasteiger partial charge >= 0.3 is 12.2 Å². The number of anilines is 2. The van der Waals surface area contributed by atoms with Crippen LogP contribution in [0.1, 0.15) is 47.3 Å². The van der Waals surface area contributed by atoms with E-state index in [1.54, 1.807) is 31.2 Å². The average Bonchev–Trinajstić information content (AvgIpc) is 3.03. The molecule has 2 N–H and O–H groups in total. The van der Waals surface area contributed by atoms with Gasteiger partial charge in [0, 0.05) is 24.5 Å². The molecule has 1 aliphatic heterocycles. The molecule has 0 spiro atoms.